The molecule has 1 atom stereocenters. The molecule has 0 spiro atoms. The number of nitrogens with one attached hydrogen (secondary N) is 1. The second kappa shape index (κ2) is 6.36. The van der Waals surface area contributed by atoms with Gasteiger partial charge in [0, 0.05) is 18.8 Å². The summed E-state index contributed by atoms with van der Waals surface area (Å²) in [6, 6.07) is 3.30. The van der Waals surface area contributed by atoms with Gasteiger partial charge in [0.25, 0.3) is 0 Å². The fourth-order valence-corrected chi connectivity index (χ4v) is 3.67. The summed E-state index contributed by atoms with van der Waals surface area (Å²) in [5, 5.41) is 8.81. The van der Waals surface area contributed by atoms with Gasteiger partial charge < -0.3 is 10.8 Å². The quantitative estimate of drug-likeness (QED) is 0.685. The van der Waals surface area contributed by atoms with Crippen LogP contribution in [0.3, 0.4) is 0 Å². The van der Waals surface area contributed by atoms with Crippen molar-refractivity contribution in [3.8, 4) is 0 Å². The third kappa shape index (κ3) is 4.19. The Kier molecular flexibility index (Phi) is 5.34. The van der Waals surface area contributed by atoms with E-state index in [2.05, 4.69) is 4.72 Å². The van der Waals surface area contributed by atoms with Crippen molar-refractivity contribution >= 4 is 15.7 Å². The maximum atomic E-state index is 12.3. The van der Waals surface area contributed by atoms with Gasteiger partial charge in [-0.15, -0.1) is 0 Å². The summed E-state index contributed by atoms with van der Waals surface area (Å²) in [7, 11) is -3.54. The Bertz CT molecular complexity index is 518. The molecule has 0 aliphatic rings. The lowest BCUT2D eigenvalue weighted by Gasteiger charge is -2.15. The minimum atomic E-state index is -3.54. The molecule has 1 aromatic carbocycles. The van der Waals surface area contributed by atoms with E-state index in [0.29, 0.717) is 29.8 Å². The minimum Gasteiger partial charge on any atom is -0.399 e. The van der Waals surface area contributed by atoms with Gasteiger partial charge in [-0.3, -0.25) is 0 Å². The van der Waals surface area contributed by atoms with Gasteiger partial charge in [0.2, 0.25) is 10.0 Å². The van der Waals surface area contributed by atoms with Crippen LogP contribution in [0.5, 0.6) is 0 Å². The van der Waals surface area contributed by atoms with Gasteiger partial charge in [-0.25, -0.2) is 13.1 Å². The number of benzene rings is 1. The SMILES string of the molecule is Cc1cc(N)cc(C)c1S(=O)(=O)NCC(C)CCO. The van der Waals surface area contributed by atoms with Gasteiger partial charge in [0.1, 0.15) is 0 Å². The Labute approximate surface area is 114 Å². The van der Waals surface area contributed by atoms with E-state index in [1.165, 1.54) is 0 Å². The first-order valence-electron chi connectivity index (χ1n) is 6.25. The van der Waals surface area contributed by atoms with E-state index in [1.807, 2.05) is 6.92 Å². The van der Waals surface area contributed by atoms with Crippen molar-refractivity contribution < 1.29 is 13.5 Å². The highest BCUT2D eigenvalue weighted by molar-refractivity contribution is 7.89. The summed E-state index contributed by atoms with van der Waals surface area (Å²) >= 11 is 0. The molecule has 6 heteroatoms. The maximum Gasteiger partial charge on any atom is 0.241 e. The summed E-state index contributed by atoms with van der Waals surface area (Å²) in [5.74, 6) is 0.0918. The summed E-state index contributed by atoms with van der Waals surface area (Å²) in [4.78, 5) is 0.290. The Morgan fingerprint density at radius 1 is 1.32 bits per heavy atom. The second-order valence-corrected chi connectivity index (χ2v) is 6.66. The number of aliphatic hydroxyl groups is 1. The average Bonchev–Trinajstić information content (AvgIpc) is 2.25. The number of hydrogen-bond donors (Lipinski definition) is 3. The topological polar surface area (TPSA) is 92.4 Å². The highest BCUT2D eigenvalue weighted by atomic mass is 32.2. The molecule has 0 aromatic heterocycles. The van der Waals surface area contributed by atoms with Crippen molar-refractivity contribution in [3.63, 3.8) is 0 Å². The highest BCUT2D eigenvalue weighted by Gasteiger charge is 2.20. The van der Waals surface area contributed by atoms with Crippen molar-refractivity contribution in [2.24, 2.45) is 5.92 Å². The van der Waals surface area contributed by atoms with Gasteiger partial charge in [-0.2, -0.15) is 0 Å². The summed E-state index contributed by atoms with van der Waals surface area (Å²) in [5.41, 5.74) is 7.53. The predicted molar refractivity (Wildman–Crippen MR) is 76.4 cm³/mol. The van der Waals surface area contributed by atoms with Crippen LogP contribution in [-0.4, -0.2) is 26.7 Å². The molecule has 1 aromatic rings. The van der Waals surface area contributed by atoms with Crippen molar-refractivity contribution in [2.45, 2.75) is 32.1 Å². The number of aliphatic hydroxyl groups excluding tert-OH is 1. The van der Waals surface area contributed by atoms with Crippen molar-refractivity contribution in [1.29, 1.82) is 0 Å². The van der Waals surface area contributed by atoms with E-state index in [1.54, 1.807) is 26.0 Å². The smallest absolute Gasteiger partial charge is 0.241 e. The van der Waals surface area contributed by atoms with Crippen LogP contribution in [0.15, 0.2) is 17.0 Å². The summed E-state index contributed by atoms with van der Waals surface area (Å²) in [6.45, 7) is 5.72. The van der Waals surface area contributed by atoms with Gasteiger partial charge in [-0.1, -0.05) is 6.92 Å². The predicted octanol–water partition coefficient (Wildman–Crippen LogP) is 1.18. The van der Waals surface area contributed by atoms with Crippen molar-refractivity contribution in [3.05, 3.63) is 23.3 Å². The van der Waals surface area contributed by atoms with E-state index in [9.17, 15) is 8.42 Å². The number of rotatable bonds is 6. The molecule has 19 heavy (non-hydrogen) atoms. The monoisotopic (exact) mass is 286 g/mol. The maximum absolute atomic E-state index is 12.3. The van der Waals surface area contributed by atoms with Crippen LogP contribution in [0, 0.1) is 19.8 Å². The standard InChI is InChI=1S/C13H22N2O3S/c1-9(4-5-16)8-15-19(17,18)13-10(2)6-12(14)7-11(13)3/h6-7,9,15-16H,4-5,8,14H2,1-3H3. The van der Waals surface area contributed by atoms with Crippen LogP contribution >= 0.6 is 0 Å². The molecule has 0 saturated heterocycles. The second-order valence-electron chi connectivity index (χ2n) is 4.95. The van der Waals surface area contributed by atoms with Crippen LogP contribution in [0.1, 0.15) is 24.5 Å². The molecule has 0 bridgehead atoms. The number of nitrogens with two attached hydrogens (primary N) is 1. The van der Waals surface area contributed by atoms with Gasteiger partial charge >= 0.3 is 0 Å². The van der Waals surface area contributed by atoms with Gasteiger partial charge in [-0.05, 0) is 49.4 Å². The van der Waals surface area contributed by atoms with Crippen LogP contribution < -0.4 is 10.5 Å². The third-order valence-electron chi connectivity index (χ3n) is 3.00. The molecule has 0 fully saturated rings. The zero-order valence-electron chi connectivity index (χ0n) is 11.6. The summed E-state index contributed by atoms with van der Waals surface area (Å²) in [6.07, 6.45) is 0.572. The zero-order chi connectivity index (χ0) is 14.6. The molecule has 1 unspecified atom stereocenters. The molecule has 0 radical (unpaired) electrons. The largest absolute Gasteiger partial charge is 0.399 e. The molecule has 0 aliphatic heterocycles. The Hall–Kier alpha value is -1.11. The highest BCUT2D eigenvalue weighted by Crippen LogP contribution is 2.22. The minimum absolute atomic E-state index is 0.0584. The fraction of sp³-hybridized carbons (Fsp3) is 0.538. The average molecular weight is 286 g/mol. The third-order valence-corrected chi connectivity index (χ3v) is 4.72. The fourth-order valence-electron chi connectivity index (χ4n) is 2.05. The van der Waals surface area contributed by atoms with Crippen LogP contribution in [0.2, 0.25) is 0 Å². The molecule has 0 amide bonds. The summed E-state index contributed by atoms with van der Waals surface area (Å²) < 4.78 is 27.1. The Balaban J connectivity index is 2.95. The molecule has 1 rings (SSSR count). The number of hydrogen-bond acceptors (Lipinski definition) is 4. The van der Waals surface area contributed by atoms with Gasteiger partial charge in [0.15, 0.2) is 0 Å². The lowest BCUT2D eigenvalue weighted by Crippen LogP contribution is -2.30. The first-order valence-corrected chi connectivity index (χ1v) is 7.73. The zero-order valence-corrected chi connectivity index (χ0v) is 12.4. The lowest BCUT2D eigenvalue weighted by molar-refractivity contribution is 0.263. The molecule has 0 saturated carbocycles. The normalized spacial score (nSPS) is 13.5. The molecular weight excluding hydrogens is 264 g/mol. The van der Waals surface area contributed by atoms with Crippen molar-refractivity contribution in [1.82, 2.24) is 4.72 Å². The van der Waals surface area contributed by atoms with E-state index in [-0.39, 0.29) is 17.4 Å². The number of aryl methyl sites for hydroxylation is 2. The molecule has 108 valence electrons. The Morgan fingerprint density at radius 2 is 1.84 bits per heavy atom. The number of nitrogen functional groups attached to an aromatic ring is 1. The first-order chi connectivity index (χ1) is 8.77. The Morgan fingerprint density at radius 3 is 2.32 bits per heavy atom. The lowest BCUT2D eigenvalue weighted by atomic mass is 10.1. The van der Waals surface area contributed by atoms with Crippen molar-refractivity contribution in [2.75, 3.05) is 18.9 Å². The number of sulfonamides is 1. The van der Waals surface area contributed by atoms with E-state index >= 15 is 0 Å². The molecule has 0 heterocycles. The van der Waals surface area contributed by atoms with E-state index in [0.717, 1.165) is 0 Å². The van der Waals surface area contributed by atoms with Crippen LogP contribution in [0.4, 0.5) is 5.69 Å². The first kappa shape index (κ1) is 15.9. The van der Waals surface area contributed by atoms with Crippen LogP contribution in [0.25, 0.3) is 0 Å². The number of anilines is 1. The molecule has 4 N–H and O–H groups in total. The molecule has 0 aliphatic carbocycles. The van der Waals surface area contributed by atoms with Crippen LogP contribution in [-0.2, 0) is 10.0 Å². The van der Waals surface area contributed by atoms with Gasteiger partial charge in [0.05, 0.1) is 4.90 Å². The molecular formula is C13H22N2O3S. The molecule has 5 nitrogen and oxygen atoms in total. The van der Waals surface area contributed by atoms with E-state index in [4.69, 9.17) is 10.8 Å². The van der Waals surface area contributed by atoms with E-state index < -0.39 is 10.0 Å².